The van der Waals surface area contributed by atoms with Gasteiger partial charge < -0.3 is 10.2 Å². The van der Waals surface area contributed by atoms with Crippen LogP contribution in [0.2, 0.25) is 0 Å². The Morgan fingerprint density at radius 1 is 1.47 bits per heavy atom. The molecule has 1 aromatic rings. The van der Waals surface area contributed by atoms with Crippen LogP contribution in [0.15, 0.2) is 24.3 Å². The van der Waals surface area contributed by atoms with Gasteiger partial charge in [0.25, 0.3) is 0 Å². The molecule has 3 nitrogen and oxygen atoms in total. The van der Waals surface area contributed by atoms with Crippen molar-refractivity contribution in [1.29, 1.82) is 0 Å². The topological polar surface area (TPSA) is 32.3 Å². The van der Waals surface area contributed by atoms with Crippen LogP contribution in [0.4, 0.5) is 0 Å². The predicted molar refractivity (Wildman–Crippen MR) is 68.6 cm³/mol. The zero-order valence-electron chi connectivity index (χ0n) is 10.6. The summed E-state index contributed by atoms with van der Waals surface area (Å²) in [6.07, 6.45) is 0.676. The van der Waals surface area contributed by atoms with Crippen molar-refractivity contribution in [3.63, 3.8) is 0 Å². The maximum atomic E-state index is 11.9. The lowest BCUT2D eigenvalue weighted by Crippen LogP contribution is -2.44. The van der Waals surface area contributed by atoms with Crippen LogP contribution in [-0.2, 0) is 11.3 Å². The van der Waals surface area contributed by atoms with Gasteiger partial charge in [0.1, 0.15) is 0 Å². The molecule has 0 aliphatic carbocycles. The third-order valence-electron chi connectivity index (χ3n) is 3.26. The highest BCUT2D eigenvalue weighted by Crippen LogP contribution is 2.12. The van der Waals surface area contributed by atoms with Gasteiger partial charge in [0, 0.05) is 20.0 Å². The summed E-state index contributed by atoms with van der Waals surface area (Å²) in [5.74, 6) is 0.792. The number of hydrogen-bond acceptors (Lipinski definition) is 2. The van der Waals surface area contributed by atoms with Gasteiger partial charge in [-0.25, -0.2) is 0 Å². The van der Waals surface area contributed by atoms with Crippen LogP contribution >= 0.6 is 0 Å². The average molecular weight is 232 g/mol. The first-order chi connectivity index (χ1) is 8.15. The van der Waals surface area contributed by atoms with E-state index in [1.165, 1.54) is 11.1 Å². The molecule has 92 valence electrons. The highest BCUT2D eigenvalue weighted by molar-refractivity contribution is 5.76. The highest BCUT2D eigenvalue weighted by Gasteiger charge is 2.21. The maximum Gasteiger partial charge on any atom is 0.222 e. The molecule has 2 rings (SSSR count). The number of amides is 1. The normalized spacial score (nSPS) is 15.4. The molecule has 1 aromatic carbocycles. The number of nitrogens with zero attached hydrogens (tertiary/aromatic N) is 1. The summed E-state index contributed by atoms with van der Waals surface area (Å²) in [6, 6.07) is 8.32. The molecule has 1 fully saturated rings. The molecule has 0 bridgehead atoms. The minimum absolute atomic E-state index is 0.248. The van der Waals surface area contributed by atoms with Gasteiger partial charge in [-0.05, 0) is 31.5 Å². The molecule has 1 aliphatic rings. The van der Waals surface area contributed by atoms with Gasteiger partial charge >= 0.3 is 0 Å². The van der Waals surface area contributed by atoms with Crippen molar-refractivity contribution in [3.05, 3.63) is 35.4 Å². The smallest absolute Gasteiger partial charge is 0.222 e. The van der Waals surface area contributed by atoms with Gasteiger partial charge in [-0.2, -0.15) is 0 Å². The van der Waals surface area contributed by atoms with Crippen LogP contribution in [0.1, 0.15) is 17.5 Å². The van der Waals surface area contributed by atoms with Crippen LogP contribution in [0, 0.1) is 12.8 Å². The standard InChI is InChI=1S/C14H20N2O/c1-11-4-3-5-12(6-11)10-16(2)14(17)7-13-8-15-9-13/h3-6,13,15H,7-10H2,1-2H3. The van der Waals surface area contributed by atoms with E-state index < -0.39 is 0 Å². The van der Waals surface area contributed by atoms with Crippen molar-refractivity contribution in [2.45, 2.75) is 19.9 Å². The molecule has 1 heterocycles. The Labute approximate surface area is 103 Å². The fourth-order valence-electron chi connectivity index (χ4n) is 2.07. The quantitative estimate of drug-likeness (QED) is 0.854. The molecule has 1 aliphatic heterocycles. The fraction of sp³-hybridized carbons (Fsp3) is 0.500. The van der Waals surface area contributed by atoms with Gasteiger partial charge in [-0.3, -0.25) is 4.79 Å². The molecular weight excluding hydrogens is 212 g/mol. The molecule has 1 amide bonds. The van der Waals surface area contributed by atoms with E-state index in [0.29, 0.717) is 18.9 Å². The van der Waals surface area contributed by atoms with Gasteiger partial charge in [0.15, 0.2) is 0 Å². The number of carbonyl (C=O) groups excluding carboxylic acids is 1. The monoisotopic (exact) mass is 232 g/mol. The van der Waals surface area contributed by atoms with Crippen LogP contribution < -0.4 is 5.32 Å². The Bertz CT molecular complexity index is 399. The zero-order chi connectivity index (χ0) is 12.3. The number of aryl methyl sites for hydroxylation is 1. The first-order valence-corrected chi connectivity index (χ1v) is 6.15. The lowest BCUT2D eigenvalue weighted by Gasteiger charge is -2.28. The summed E-state index contributed by atoms with van der Waals surface area (Å²) in [4.78, 5) is 13.8. The molecule has 1 N–H and O–H groups in total. The largest absolute Gasteiger partial charge is 0.341 e. The molecule has 0 unspecified atom stereocenters. The summed E-state index contributed by atoms with van der Waals surface area (Å²) in [5.41, 5.74) is 2.44. The van der Waals surface area contributed by atoms with Crippen molar-refractivity contribution in [3.8, 4) is 0 Å². The van der Waals surface area contributed by atoms with Crippen LogP contribution in [0.3, 0.4) is 0 Å². The van der Waals surface area contributed by atoms with Crippen molar-refractivity contribution < 1.29 is 4.79 Å². The lowest BCUT2D eigenvalue weighted by molar-refractivity contribution is -0.131. The van der Waals surface area contributed by atoms with Crippen molar-refractivity contribution in [2.75, 3.05) is 20.1 Å². The molecule has 3 heteroatoms. The van der Waals surface area contributed by atoms with Gasteiger partial charge in [0.2, 0.25) is 5.91 Å². The third-order valence-corrected chi connectivity index (χ3v) is 3.26. The maximum absolute atomic E-state index is 11.9. The van der Waals surface area contributed by atoms with Gasteiger partial charge in [-0.1, -0.05) is 29.8 Å². The Morgan fingerprint density at radius 3 is 2.82 bits per heavy atom. The van der Waals surface area contributed by atoms with E-state index in [0.717, 1.165) is 13.1 Å². The van der Waals surface area contributed by atoms with Crippen LogP contribution in [0.5, 0.6) is 0 Å². The minimum atomic E-state index is 0.248. The Balaban J connectivity index is 1.87. The Morgan fingerprint density at radius 2 is 2.24 bits per heavy atom. The number of hydrogen-bond donors (Lipinski definition) is 1. The number of benzene rings is 1. The Kier molecular flexibility index (Phi) is 3.79. The molecule has 17 heavy (non-hydrogen) atoms. The van der Waals surface area contributed by atoms with E-state index in [4.69, 9.17) is 0 Å². The molecule has 0 radical (unpaired) electrons. The molecular formula is C14H20N2O. The second-order valence-electron chi connectivity index (χ2n) is 4.97. The summed E-state index contributed by atoms with van der Waals surface area (Å²) in [7, 11) is 1.89. The molecule has 1 saturated heterocycles. The van der Waals surface area contributed by atoms with Crippen molar-refractivity contribution in [1.82, 2.24) is 10.2 Å². The highest BCUT2D eigenvalue weighted by atomic mass is 16.2. The molecule has 0 atom stereocenters. The van der Waals surface area contributed by atoms with Crippen LogP contribution in [-0.4, -0.2) is 30.9 Å². The SMILES string of the molecule is Cc1cccc(CN(C)C(=O)CC2CNC2)c1. The van der Waals surface area contributed by atoms with E-state index in [1.54, 1.807) is 0 Å². The summed E-state index contributed by atoms with van der Waals surface area (Å²) in [6.45, 7) is 4.76. The fourth-order valence-corrected chi connectivity index (χ4v) is 2.07. The second kappa shape index (κ2) is 5.32. The van der Waals surface area contributed by atoms with E-state index in [-0.39, 0.29) is 5.91 Å². The number of carbonyl (C=O) groups is 1. The van der Waals surface area contributed by atoms with E-state index in [1.807, 2.05) is 18.0 Å². The molecule has 0 aromatic heterocycles. The van der Waals surface area contributed by atoms with Gasteiger partial charge in [0.05, 0.1) is 0 Å². The number of nitrogens with one attached hydrogen (secondary N) is 1. The lowest BCUT2D eigenvalue weighted by atomic mass is 9.98. The van der Waals surface area contributed by atoms with E-state index in [2.05, 4.69) is 30.4 Å². The van der Waals surface area contributed by atoms with E-state index in [9.17, 15) is 4.79 Å². The van der Waals surface area contributed by atoms with Crippen molar-refractivity contribution >= 4 is 5.91 Å². The van der Waals surface area contributed by atoms with E-state index >= 15 is 0 Å². The van der Waals surface area contributed by atoms with Crippen molar-refractivity contribution in [2.24, 2.45) is 5.92 Å². The first-order valence-electron chi connectivity index (χ1n) is 6.15. The minimum Gasteiger partial charge on any atom is -0.341 e. The number of rotatable bonds is 4. The predicted octanol–water partition coefficient (Wildman–Crippen LogP) is 1.56. The summed E-state index contributed by atoms with van der Waals surface area (Å²) in [5, 5.41) is 3.19. The van der Waals surface area contributed by atoms with Crippen LogP contribution in [0.25, 0.3) is 0 Å². The molecule has 0 spiro atoms. The molecule has 0 saturated carbocycles. The second-order valence-corrected chi connectivity index (χ2v) is 4.97. The third kappa shape index (κ3) is 3.30. The average Bonchev–Trinajstić information content (AvgIpc) is 2.23. The Hall–Kier alpha value is -1.35. The summed E-state index contributed by atoms with van der Waals surface area (Å²) < 4.78 is 0. The first kappa shape index (κ1) is 12.1. The summed E-state index contributed by atoms with van der Waals surface area (Å²) >= 11 is 0. The van der Waals surface area contributed by atoms with Gasteiger partial charge in [-0.15, -0.1) is 0 Å². The zero-order valence-corrected chi connectivity index (χ0v) is 10.6.